The Labute approximate surface area is 174 Å². The molecule has 154 valence electrons. The lowest BCUT2D eigenvalue weighted by atomic mass is 10.1. The van der Waals surface area contributed by atoms with Gasteiger partial charge in [-0.3, -0.25) is 14.5 Å². The molecule has 0 radical (unpaired) electrons. The van der Waals surface area contributed by atoms with Crippen molar-refractivity contribution in [2.24, 2.45) is 0 Å². The summed E-state index contributed by atoms with van der Waals surface area (Å²) in [6.07, 6.45) is 0.329. The van der Waals surface area contributed by atoms with Crippen LogP contribution in [0.3, 0.4) is 0 Å². The molecule has 3 rings (SSSR count). The average Bonchev–Trinajstić information content (AvgIpc) is 2.73. The van der Waals surface area contributed by atoms with E-state index in [1.54, 1.807) is 37.4 Å². The topological polar surface area (TPSA) is 111 Å². The molecule has 0 fully saturated rings. The van der Waals surface area contributed by atoms with E-state index in [1.165, 1.54) is 0 Å². The van der Waals surface area contributed by atoms with Crippen LogP contribution in [0.5, 0.6) is 0 Å². The van der Waals surface area contributed by atoms with E-state index in [1.807, 2.05) is 23.1 Å². The number of carbonyl (C=O) groups excluding carboxylic acids is 1. The molecule has 0 aliphatic heterocycles. The van der Waals surface area contributed by atoms with Gasteiger partial charge in [0.2, 0.25) is 5.91 Å². The van der Waals surface area contributed by atoms with Gasteiger partial charge in [0.1, 0.15) is 5.82 Å². The second kappa shape index (κ2) is 10.3. The van der Waals surface area contributed by atoms with E-state index in [-0.39, 0.29) is 18.0 Å². The summed E-state index contributed by atoms with van der Waals surface area (Å²) in [6, 6.07) is 16.4. The molecule has 1 heterocycles. The summed E-state index contributed by atoms with van der Waals surface area (Å²) in [4.78, 5) is 34.0. The van der Waals surface area contributed by atoms with Crippen molar-refractivity contribution in [3.63, 3.8) is 0 Å². The largest absolute Gasteiger partial charge is 0.383 e. The van der Waals surface area contributed by atoms with Crippen LogP contribution in [0.25, 0.3) is 10.9 Å². The molecule has 1 amide bonds. The molecule has 8 nitrogen and oxygen atoms in total. The number of amides is 1. The molecule has 8 heteroatoms. The van der Waals surface area contributed by atoms with Gasteiger partial charge in [-0.05, 0) is 29.8 Å². The van der Waals surface area contributed by atoms with Crippen LogP contribution >= 0.6 is 0 Å². The van der Waals surface area contributed by atoms with Gasteiger partial charge < -0.3 is 15.0 Å². The molecule has 1 aromatic heterocycles. The highest BCUT2D eigenvalue weighted by Gasteiger charge is 2.14. The van der Waals surface area contributed by atoms with E-state index in [9.17, 15) is 9.59 Å². The zero-order valence-electron chi connectivity index (χ0n) is 16.7. The predicted molar refractivity (Wildman–Crippen MR) is 114 cm³/mol. The molecule has 0 bridgehead atoms. The van der Waals surface area contributed by atoms with E-state index in [0.29, 0.717) is 48.5 Å². The van der Waals surface area contributed by atoms with Crippen molar-refractivity contribution in [1.29, 1.82) is 5.26 Å². The number of nitrogens with zero attached hydrogens (tertiary/aromatic N) is 3. The molecule has 30 heavy (non-hydrogen) atoms. The Kier molecular flexibility index (Phi) is 7.27. The minimum Gasteiger partial charge on any atom is -0.383 e. The van der Waals surface area contributed by atoms with Crippen molar-refractivity contribution in [1.82, 2.24) is 14.9 Å². The van der Waals surface area contributed by atoms with Crippen molar-refractivity contribution in [2.75, 3.05) is 32.1 Å². The smallest absolute Gasteiger partial charge is 0.258 e. The number of hydrogen-bond donors (Lipinski definition) is 2. The fourth-order valence-electron chi connectivity index (χ4n) is 3.06. The zero-order valence-corrected chi connectivity index (χ0v) is 16.7. The fourth-order valence-corrected chi connectivity index (χ4v) is 3.06. The van der Waals surface area contributed by atoms with Gasteiger partial charge in [-0.15, -0.1) is 0 Å². The highest BCUT2D eigenvalue weighted by molar-refractivity contribution is 5.92. The van der Waals surface area contributed by atoms with E-state index in [0.717, 1.165) is 5.56 Å². The summed E-state index contributed by atoms with van der Waals surface area (Å²) >= 11 is 0. The number of nitriles is 1. The van der Waals surface area contributed by atoms with Crippen LogP contribution < -0.4 is 10.9 Å². The normalized spacial score (nSPS) is 10.8. The van der Waals surface area contributed by atoms with E-state index in [4.69, 9.17) is 10.00 Å². The molecule has 0 atom stereocenters. The maximum Gasteiger partial charge on any atom is 0.258 e. The number of methoxy groups -OCH3 is 1. The van der Waals surface area contributed by atoms with Crippen molar-refractivity contribution >= 4 is 22.5 Å². The van der Waals surface area contributed by atoms with Gasteiger partial charge in [-0.2, -0.15) is 5.26 Å². The molecule has 0 saturated heterocycles. The van der Waals surface area contributed by atoms with E-state index >= 15 is 0 Å². The Balaban J connectivity index is 1.68. The summed E-state index contributed by atoms with van der Waals surface area (Å²) in [6.45, 7) is 1.35. The van der Waals surface area contributed by atoms with Gasteiger partial charge >= 0.3 is 0 Å². The minimum absolute atomic E-state index is 0.111. The first kappa shape index (κ1) is 21.2. The molecule has 2 aromatic carbocycles. The Hall–Kier alpha value is -3.54. The maximum atomic E-state index is 12.5. The monoisotopic (exact) mass is 405 g/mol. The molecule has 0 aliphatic rings. The van der Waals surface area contributed by atoms with E-state index in [2.05, 4.69) is 21.4 Å². The molecule has 3 aromatic rings. The molecule has 2 N–H and O–H groups in total. The van der Waals surface area contributed by atoms with Gasteiger partial charge in [-0.25, -0.2) is 4.98 Å². The number of anilines is 1. The first-order valence-corrected chi connectivity index (χ1v) is 9.54. The number of ether oxygens (including phenoxy) is 1. The average molecular weight is 405 g/mol. The number of hydrogen-bond acceptors (Lipinski definition) is 6. The number of fused-ring (bicyclic) bond motifs is 1. The number of carbonyl (C=O) groups is 1. The van der Waals surface area contributed by atoms with Crippen LogP contribution in [0.2, 0.25) is 0 Å². The van der Waals surface area contributed by atoms with Crippen LogP contribution in [-0.4, -0.2) is 47.6 Å². The van der Waals surface area contributed by atoms with Gasteiger partial charge in [0.25, 0.3) is 5.56 Å². The summed E-state index contributed by atoms with van der Waals surface area (Å²) in [5.41, 5.74) is 1.96. The Morgan fingerprint density at radius 3 is 2.73 bits per heavy atom. The lowest BCUT2D eigenvalue weighted by Crippen LogP contribution is -2.36. The molecule has 0 saturated carbocycles. The number of H-pyrrole nitrogens is 1. The number of benzene rings is 2. The molecular weight excluding hydrogens is 382 g/mol. The van der Waals surface area contributed by atoms with Crippen molar-refractivity contribution in [3.05, 3.63) is 70.3 Å². The number of aromatic nitrogens is 2. The Morgan fingerprint density at radius 2 is 2.00 bits per heavy atom. The van der Waals surface area contributed by atoms with Crippen molar-refractivity contribution in [2.45, 2.75) is 13.0 Å². The summed E-state index contributed by atoms with van der Waals surface area (Å²) < 4.78 is 5.15. The van der Waals surface area contributed by atoms with Crippen LogP contribution in [0.4, 0.5) is 5.69 Å². The second-order valence-corrected chi connectivity index (χ2v) is 6.81. The molecular formula is C22H23N5O3. The van der Waals surface area contributed by atoms with Crippen LogP contribution in [0, 0.1) is 11.3 Å². The van der Waals surface area contributed by atoms with Gasteiger partial charge in [0, 0.05) is 19.3 Å². The summed E-state index contributed by atoms with van der Waals surface area (Å²) in [5.74, 6) is 0.297. The van der Waals surface area contributed by atoms with Crippen molar-refractivity contribution in [3.8, 4) is 6.07 Å². The summed E-state index contributed by atoms with van der Waals surface area (Å²) in [7, 11) is 1.59. The molecule has 0 spiro atoms. The third-order valence-electron chi connectivity index (χ3n) is 4.54. The Morgan fingerprint density at radius 1 is 1.23 bits per heavy atom. The highest BCUT2D eigenvalue weighted by Crippen LogP contribution is 2.11. The molecule has 0 aliphatic carbocycles. The van der Waals surface area contributed by atoms with Gasteiger partial charge in [0.15, 0.2) is 0 Å². The lowest BCUT2D eigenvalue weighted by Gasteiger charge is -2.21. The Bertz CT molecular complexity index is 1100. The first-order valence-electron chi connectivity index (χ1n) is 9.54. The quantitative estimate of drug-likeness (QED) is 0.564. The zero-order chi connectivity index (χ0) is 21.3. The minimum atomic E-state index is -0.204. The molecule has 0 unspecified atom stereocenters. The number of aromatic amines is 1. The first-order chi connectivity index (χ1) is 14.6. The maximum absolute atomic E-state index is 12.5. The number of para-hydroxylation sites is 1. The third-order valence-corrected chi connectivity index (χ3v) is 4.54. The predicted octanol–water partition coefficient (Wildman–Crippen LogP) is 2.08. The van der Waals surface area contributed by atoms with Gasteiger partial charge in [-0.1, -0.05) is 24.3 Å². The highest BCUT2D eigenvalue weighted by atomic mass is 16.5. The second-order valence-electron chi connectivity index (χ2n) is 6.81. The number of nitrogens with one attached hydrogen (secondary N) is 2. The van der Waals surface area contributed by atoms with Crippen LogP contribution in [-0.2, 0) is 22.5 Å². The van der Waals surface area contributed by atoms with E-state index < -0.39 is 0 Å². The van der Waals surface area contributed by atoms with Crippen molar-refractivity contribution < 1.29 is 9.53 Å². The van der Waals surface area contributed by atoms with Crippen LogP contribution in [0.15, 0.2) is 53.3 Å². The van der Waals surface area contributed by atoms with Gasteiger partial charge in [0.05, 0.1) is 43.1 Å². The number of rotatable bonds is 9. The lowest BCUT2D eigenvalue weighted by molar-refractivity contribution is -0.117. The van der Waals surface area contributed by atoms with Crippen LogP contribution in [0.1, 0.15) is 11.4 Å². The summed E-state index contributed by atoms with van der Waals surface area (Å²) in [5, 5.41) is 12.1. The third kappa shape index (κ3) is 5.73. The standard InChI is InChI=1S/C22H23N5O3/c1-30-13-12-27(14-20-25-19-5-3-2-4-18(19)22(29)26-20)15-21(28)24-17-8-6-16(7-9-17)10-11-23/h2-9H,10,12-15H2,1H3,(H,24,28)(H,25,26,29). The fraction of sp³-hybridized carbons (Fsp3) is 0.273. The SMILES string of the molecule is COCCN(CC(=O)Nc1ccc(CC#N)cc1)Cc1nc2ccccc2c(=O)[nH]1.